The minimum absolute atomic E-state index is 0.699. The highest BCUT2D eigenvalue weighted by Crippen LogP contribution is 2.22. The Morgan fingerprint density at radius 2 is 1.04 bits per heavy atom. The lowest BCUT2D eigenvalue weighted by Crippen LogP contribution is -2.56. The van der Waals surface area contributed by atoms with Gasteiger partial charge in [0.2, 0.25) is 0 Å². The molecule has 122 valence electrons. The molecule has 4 N–H and O–H groups in total. The molecule has 0 amide bonds. The molecular formula is C19H20N2O2Si. The number of benzene rings is 3. The highest BCUT2D eigenvalue weighted by Gasteiger charge is 2.39. The van der Waals surface area contributed by atoms with Crippen LogP contribution < -0.4 is 25.5 Å². The molecule has 0 saturated carbocycles. The molecule has 0 spiro atoms. The summed E-state index contributed by atoms with van der Waals surface area (Å²) < 4.78 is 12.6. The fourth-order valence-electron chi connectivity index (χ4n) is 2.40. The third-order valence-corrected chi connectivity index (χ3v) is 6.32. The molecule has 4 nitrogen and oxygen atoms in total. The topological polar surface area (TPSA) is 70.5 Å². The van der Waals surface area contributed by atoms with Crippen LogP contribution >= 0.6 is 0 Å². The molecule has 0 atom stereocenters. The Morgan fingerprint density at radius 1 is 0.625 bits per heavy atom. The first kappa shape index (κ1) is 16.0. The molecule has 3 aromatic carbocycles. The summed E-state index contributed by atoms with van der Waals surface area (Å²) in [7, 11) is -2.72. The van der Waals surface area contributed by atoms with E-state index in [1.54, 1.807) is 0 Å². The molecule has 0 saturated heterocycles. The number of nitrogens with two attached hydrogens (primary N) is 2. The van der Waals surface area contributed by atoms with Crippen LogP contribution in [0.4, 0.5) is 11.4 Å². The first-order valence-electron chi connectivity index (χ1n) is 7.70. The van der Waals surface area contributed by atoms with Crippen molar-refractivity contribution in [3.8, 4) is 11.5 Å². The van der Waals surface area contributed by atoms with Crippen LogP contribution in [0.5, 0.6) is 11.5 Å². The zero-order valence-electron chi connectivity index (χ0n) is 13.5. The second-order valence-electron chi connectivity index (χ2n) is 5.65. The maximum Gasteiger partial charge on any atom is 0.492 e. The summed E-state index contributed by atoms with van der Waals surface area (Å²) in [6, 6.07) is 24.7. The lowest BCUT2D eigenvalue weighted by Gasteiger charge is -2.28. The fourth-order valence-corrected chi connectivity index (χ4v) is 4.65. The first-order valence-corrected chi connectivity index (χ1v) is 10.0. The molecule has 0 fully saturated rings. The summed E-state index contributed by atoms with van der Waals surface area (Å²) in [5, 5.41) is 1.04. The Balaban J connectivity index is 1.94. The van der Waals surface area contributed by atoms with Gasteiger partial charge in [-0.05, 0) is 48.5 Å². The van der Waals surface area contributed by atoms with E-state index >= 15 is 0 Å². The van der Waals surface area contributed by atoms with E-state index in [4.69, 9.17) is 20.3 Å². The van der Waals surface area contributed by atoms with Gasteiger partial charge in [0.05, 0.1) is 0 Å². The Bertz CT molecular complexity index is 742. The molecule has 3 rings (SSSR count). The van der Waals surface area contributed by atoms with Gasteiger partial charge in [-0.2, -0.15) is 0 Å². The molecule has 0 aliphatic rings. The van der Waals surface area contributed by atoms with Crippen molar-refractivity contribution in [1.29, 1.82) is 0 Å². The number of hydrogen-bond donors (Lipinski definition) is 2. The average molecular weight is 336 g/mol. The van der Waals surface area contributed by atoms with E-state index in [1.165, 1.54) is 0 Å². The summed E-state index contributed by atoms with van der Waals surface area (Å²) in [5.41, 5.74) is 12.9. The van der Waals surface area contributed by atoms with Gasteiger partial charge >= 0.3 is 8.56 Å². The largest absolute Gasteiger partial charge is 0.509 e. The van der Waals surface area contributed by atoms with E-state index in [2.05, 4.69) is 0 Å². The molecule has 0 aliphatic heterocycles. The Kier molecular flexibility index (Phi) is 4.44. The maximum absolute atomic E-state index is 6.31. The highest BCUT2D eigenvalue weighted by atomic mass is 28.4. The van der Waals surface area contributed by atoms with E-state index < -0.39 is 8.56 Å². The lowest BCUT2D eigenvalue weighted by molar-refractivity contribution is 0.408. The Hall–Kier alpha value is -2.92. The number of rotatable bonds is 5. The fraction of sp³-hybridized carbons (Fsp3) is 0.0526. The number of anilines is 2. The van der Waals surface area contributed by atoms with E-state index in [9.17, 15) is 0 Å². The SMILES string of the molecule is C[Si](Oc1ccc(N)cc1)(Oc1ccc(N)cc1)c1ccccc1. The molecule has 0 bridgehead atoms. The Morgan fingerprint density at radius 3 is 1.46 bits per heavy atom. The second kappa shape index (κ2) is 6.68. The van der Waals surface area contributed by atoms with E-state index in [-0.39, 0.29) is 0 Å². The minimum atomic E-state index is -2.72. The molecule has 5 heteroatoms. The van der Waals surface area contributed by atoms with Gasteiger partial charge in [-0.3, -0.25) is 0 Å². The normalized spacial score (nSPS) is 11.0. The van der Waals surface area contributed by atoms with Gasteiger partial charge in [-0.15, -0.1) is 0 Å². The third kappa shape index (κ3) is 3.69. The van der Waals surface area contributed by atoms with Gasteiger partial charge in [-0.1, -0.05) is 30.3 Å². The van der Waals surface area contributed by atoms with Crippen LogP contribution in [0.2, 0.25) is 6.55 Å². The van der Waals surface area contributed by atoms with Crippen LogP contribution in [-0.2, 0) is 0 Å². The predicted molar refractivity (Wildman–Crippen MR) is 101 cm³/mol. The van der Waals surface area contributed by atoms with Crippen LogP contribution in [0, 0.1) is 0 Å². The van der Waals surface area contributed by atoms with Crippen molar-refractivity contribution in [2.24, 2.45) is 0 Å². The van der Waals surface area contributed by atoms with Crippen LogP contribution in [0.1, 0.15) is 0 Å². The molecule has 0 unspecified atom stereocenters. The highest BCUT2D eigenvalue weighted by molar-refractivity contribution is 6.81. The molecule has 3 aromatic rings. The summed E-state index contributed by atoms with van der Waals surface area (Å²) in [6.07, 6.45) is 0. The van der Waals surface area contributed by atoms with Crippen LogP contribution in [0.3, 0.4) is 0 Å². The summed E-state index contributed by atoms with van der Waals surface area (Å²) in [4.78, 5) is 0. The quantitative estimate of drug-likeness (QED) is 0.554. The van der Waals surface area contributed by atoms with Gasteiger partial charge < -0.3 is 20.3 Å². The van der Waals surface area contributed by atoms with Crippen LogP contribution in [-0.4, -0.2) is 8.56 Å². The van der Waals surface area contributed by atoms with Crippen LogP contribution in [0.25, 0.3) is 0 Å². The smallest absolute Gasteiger partial charge is 0.492 e. The molecule has 0 heterocycles. The number of nitrogen functional groups attached to an aromatic ring is 2. The lowest BCUT2D eigenvalue weighted by atomic mass is 10.3. The van der Waals surface area contributed by atoms with Gasteiger partial charge in [0.25, 0.3) is 0 Å². The number of hydrogen-bond acceptors (Lipinski definition) is 4. The summed E-state index contributed by atoms with van der Waals surface area (Å²) in [6.45, 7) is 2.02. The van der Waals surface area contributed by atoms with Crippen LogP contribution in [0.15, 0.2) is 78.9 Å². The van der Waals surface area contributed by atoms with E-state index in [1.807, 2.05) is 85.4 Å². The van der Waals surface area contributed by atoms with Crippen molar-refractivity contribution in [3.63, 3.8) is 0 Å². The van der Waals surface area contributed by atoms with Crippen molar-refractivity contribution < 1.29 is 8.85 Å². The van der Waals surface area contributed by atoms with Crippen molar-refractivity contribution in [2.75, 3.05) is 11.5 Å². The predicted octanol–water partition coefficient (Wildman–Crippen LogP) is 3.29. The monoisotopic (exact) mass is 336 g/mol. The van der Waals surface area contributed by atoms with Gasteiger partial charge in [0.1, 0.15) is 11.5 Å². The molecule has 24 heavy (non-hydrogen) atoms. The molecule has 0 aromatic heterocycles. The Labute approximate surface area is 142 Å². The van der Waals surface area contributed by atoms with Gasteiger partial charge in [-0.25, -0.2) is 0 Å². The van der Waals surface area contributed by atoms with Crippen molar-refractivity contribution in [3.05, 3.63) is 78.9 Å². The van der Waals surface area contributed by atoms with Gasteiger partial charge in [0.15, 0.2) is 0 Å². The van der Waals surface area contributed by atoms with Crippen molar-refractivity contribution in [1.82, 2.24) is 0 Å². The summed E-state index contributed by atoms with van der Waals surface area (Å²) in [5.74, 6) is 1.47. The van der Waals surface area contributed by atoms with E-state index in [0.29, 0.717) is 11.4 Å². The molecular weight excluding hydrogens is 316 g/mol. The third-order valence-electron chi connectivity index (χ3n) is 3.68. The second-order valence-corrected chi connectivity index (χ2v) is 8.53. The average Bonchev–Trinajstić information content (AvgIpc) is 2.60. The van der Waals surface area contributed by atoms with Gasteiger partial charge in [0, 0.05) is 23.1 Å². The molecule has 0 radical (unpaired) electrons. The van der Waals surface area contributed by atoms with E-state index in [0.717, 1.165) is 16.7 Å². The first-order chi connectivity index (χ1) is 11.5. The standard InChI is InChI=1S/C19H20N2O2Si/c1-24(19-5-3-2-4-6-19,22-17-11-7-15(20)8-12-17)23-18-13-9-16(21)10-14-18/h2-14H,20-21H2,1H3. The summed E-state index contributed by atoms with van der Waals surface area (Å²) >= 11 is 0. The maximum atomic E-state index is 6.31. The van der Waals surface area contributed by atoms with Crippen molar-refractivity contribution in [2.45, 2.75) is 6.55 Å². The minimum Gasteiger partial charge on any atom is -0.509 e. The zero-order chi connectivity index (χ0) is 17.0. The van der Waals surface area contributed by atoms with Crippen molar-refractivity contribution >= 4 is 25.1 Å². The molecule has 0 aliphatic carbocycles. The zero-order valence-corrected chi connectivity index (χ0v) is 14.5.